The maximum Gasteiger partial charge on any atom is 0.191 e. The van der Waals surface area contributed by atoms with Crippen LogP contribution in [-0.4, -0.2) is 44.6 Å². The fourth-order valence-electron chi connectivity index (χ4n) is 2.90. The Morgan fingerprint density at radius 1 is 1.25 bits per heavy atom. The number of aliphatic hydroxyl groups is 1. The molecule has 144 valence electrons. The molecule has 5 atom stereocenters. The molecule has 5 heteroatoms. The van der Waals surface area contributed by atoms with Gasteiger partial charge in [-0.3, -0.25) is 0 Å². The molecule has 0 bridgehead atoms. The van der Waals surface area contributed by atoms with E-state index in [0.29, 0.717) is 13.2 Å². The second-order valence-electron chi connectivity index (χ2n) is 9.67. The molecule has 0 radical (unpaired) electrons. The minimum atomic E-state index is -1.79. The van der Waals surface area contributed by atoms with Crippen molar-refractivity contribution in [3.05, 3.63) is 0 Å². The molecule has 0 aromatic rings. The first-order valence-electron chi connectivity index (χ1n) is 9.32. The Labute approximate surface area is 150 Å². The van der Waals surface area contributed by atoms with Crippen LogP contribution >= 0.6 is 0 Å². The minimum Gasteiger partial charge on any atom is -0.416 e. The molecule has 0 spiro atoms. The van der Waals surface area contributed by atoms with Gasteiger partial charge in [-0.2, -0.15) is 0 Å². The zero-order chi connectivity index (χ0) is 18.9. The van der Waals surface area contributed by atoms with Crippen molar-refractivity contribution in [2.45, 2.75) is 91.5 Å². The van der Waals surface area contributed by atoms with Crippen LogP contribution in [0.15, 0.2) is 0 Å². The van der Waals surface area contributed by atoms with Crippen LogP contribution in [0.3, 0.4) is 0 Å². The molecule has 0 aromatic carbocycles. The summed E-state index contributed by atoms with van der Waals surface area (Å²) in [6.45, 7) is 22.6. The topological polar surface area (TPSA) is 47.9 Å². The van der Waals surface area contributed by atoms with Crippen molar-refractivity contribution >= 4 is 8.32 Å². The summed E-state index contributed by atoms with van der Waals surface area (Å²) in [5.74, 6) is -0.181. The van der Waals surface area contributed by atoms with E-state index < -0.39 is 20.2 Å². The molecule has 4 nitrogen and oxygen atoms in total. The Hall–Kier alpha value is 0.0569. The maximum absolute atomic E-state index is 10.8. The average Bonchev–Trinajstić information content (AvgIpc) is 2.44. The molecule has 1 N–H and O–H groups in total. The molecule has 1 fully saturated rings. The molecule has 0 unspecified atom stereocenters. The predicted octanol–water partition coefficient (Wildman–Crippen LogP) is 4.43. The molecule has 1 aliphatic rings. The normalized spacial score (nSPS) is 29.1. The highest BCUT2D eigenvalue weighted by atomic mass is 28.4. The maximum atomic E-state index is 10.8. The smallest absolute Gasteiger partial charge is 0.191 e. The van der Waals surface area contributed by atoms with Crippen LogP contribution in [0.5, 0.6) is 0 Å². The van der Waals surface area contributed by atoms with Gasteiger partial charge in [-0.1, -0.05) is 41.5 Å². The molecule has 1 heterocycles. The van der Waals surface area contributed by atoms with Crippen molar-refractivity contribution in [3.8, 4) is 0 Å². The fraction of sp³-hybridized carbons (Fsp3) is 1.00. The minimum absolute atomic E-state index is 0.000860. The molecule has 0 amide bonds. The number of hydrogen-bond acceptors (Lipinski definition) is 4. The quantitative estimate of drug-likeness (QED) is 0.712. The number of hydrogen-bond donors (Lipinski definition) is 1. The van der Waals surface area contributed by atoms with Crippen LogP contribution in [0.25, 0.3) is 0 Å². The van der Waals surface area contributed by atoms with Crippen molar-refractivity contribution in [3.63, 3.8) is 0 Å². The van der Waals surface area contributed by atoms with Gasteiger partial charge in [-0.05, 0) is 32.0 Å². The standard InChI is InChI=1S/C19H40O4Si/c1-13(12-22-24(9,10)18(4,5)6)16(20)15(3)17-14(2)11-21-19(7,8)23-17/h13-17,20H,11-12H2,1-10H3/t13-,14-,15-,16-,17-/m0/s1. The van der Waals surface area contributed by atoms with E-state index in [1.165, 1.54) is 0 Å². The summed E-state index contributed by atoms with van der Waals surface area (Å²) >= 11 is 0. The zero-order valence-electron chi connectivity index (χ0n) is 17.5. The Kier molecular flexibility index (Phi) is 7.13. The molecule has 0 saturated carbocycles. The van der Waals surface area contributed by atoms with E-state index in [1.807, 2.05) is 13.8 Å². The second kappa shape index (κ2) is 7.75. The van der Waals surface area contributed by atoms with Crippen molar-refractivity contribution in [1.82, 2.24) is 0 Å². The second-order valence-corrected chi connectivity index (χ2v) is 14.5. The molecular formula is C19H40O4Si. The van der Waals surface area contributed by atoms with Crippen molar-refractivity contribution in [2.75, 3.05) is 13.2 Å². The van der Waals surface area contributed by atoms with E-state index in [0.717, 1.165) is 0 Å². The van der Waals surface area contributed by atoms with Gasteiger partial charge in [-0.25, -0.2) is 0 Å². The van der Waals surface area contributed by atoms with Crippen LogP contribution in [0, 0.1) is 17.8 Å². The zero-order valence-corrected chi connectivity index (χ0v) is 18.5. The van der Waals surface area contributed by atoms with E-state index in [-0.39, 0.29) is 28.9 Å². The molecular weight excluding hydrogens is 320 g/mol. The Morgan fingerprint density at radius 2 is 1.79 bits per heavy atom. The lowest BCUT2D eigenvalue weighted by atomic mass is 9.84. The number of aliphatic hydroxyl groups excluding tert-OH is 1. The molecule has 0 aromatic heterocycles. The van der Waals surface area contributed by atoms with Gasteiger partial charge >= 0.3 is 0 Å². The Balaban J connectivity index is 2.66. The first kappa shape index (κ1) is 22.1. The summed E-state index contributed by atoms with van der Waals surface area (Å²) < 4.78 is 18.1. The Bertz CT molecular complexity index is 403. The van der Waals surface area contributed by atoms with Gasteiger partial charge < -0.3 is 19.0 Å². The third-order valence-electron chi connectivity index (χ3n) is 5.83. The molecule has 1 saturated heterocycles. The largest absolute Gasteiger partial charge is 0.416 e. The van der Waals surface area contributed by atoms with Gasteiger partial charge in [0.1, 0.15) is 0 Å². The first-order valence-corrected chi connectivity index (χ1v) is 12.2. The summed E-state index contributed by atoms with van der Waals surface area (Å²) in [7, 11) is -1.79. The third-order valence-corrected chi connectivity index (χ3v) is 10.3. The first-order chi connectivity index (χ1) is 10.7. The molecule has 0 aliphatic carbocycles. The monoisotopic (exact) mass is 360 g/mol. The average molecular weight is 361 g/mol. The molecule has 1 aliphatic heterocycles. The van der Waals surface area contributed by atoms with Gasteiger partial charge in [0, 0.05) is 24.4 Å². The highest BCUT2D eigenvalue weighted by Gasteiger charge is 2.42. The Morgan fingerprint density at radius 3 is 2.29 bits per heavy atom. The van der Waals surface area contributed by atoms with Crippen LogP contribution in [0.1, 0.15) is 55.4 Å². The van der Waals surface area contributed by atoms with Crippen LogP contribution in [0.4, 0.5) is 0 Å². The van der Waals surface area contributed by atoms with E-state index in [4.69, 9.17) is 13.9 Å². The lowest BCUT2D eigenvalue weighted by Crippen LogP contribution is -2.51. The van der Waals surface area contributed by atoms with E-state index in [2.05, 4.69) is 54.6 Å². The van der Waals surface area contributed by atoms with E-state index in [9.17, 15) is 5.11 Å². The van der Waals surface area contributed by atoms with Gasteiger partial charge in [0.2, 0.25) is 0 Å². The van der Waals surface area contributed by atoms with Crippen LogP contribution < -0.4 is 0 Å². The van der Waals surface area contributed by atoms with Crippen molar-refractivity contribution < 1.29 is 19.0 Å². The molecule has 24 heavy (non-hydrogen) atoms. The third kappa shape index (κ3) is 5.53. The lowest BCUT2D eigenvalue weighted by Gasteiger charge is -2.44. The van der Waals surface area contributed by atoms with Gasteiger partial charge in [0.25, 0.3) is 0 Å². The lowest BCUT2D eigenvalue weighted by molar-refractivity contribution is -0.304. The molecule has 1 rings (SSSR count). The summed E-state index contributed by atoms with van der Waals surface area (Å²) in [4.78, 5) is 0. The van der Waals surface area contributed by atoms with Gasteiger partial charge in [0.15, 0.2) is 14.1 Å². The summed E-state index contributed by atoms with van der Waals surface area (Å²) in [5, 5.41) is 11.0. The van der Waals surface area contributed by atoms with Crippen molar-refractivity contribution in [1.29, 1.82) is 0 Å². The van der Waals surface area contributed by atoms with Crippen LogP contribution in [0.2, 0.25) is 18.1 Å². The van der Waals surface area contributed by atoms with Gasteiger partial charge in [-0.15, -0.1) is 0 Å². The van der Waals surface area contributed by atoms with E-state index >= 15 is 0 Å². The summed E-state index contributed by atoms with van der Waals surface area (Å²) in [5.41, 5.74) is 0. The SMILES string of the molecule is C[C@@H]([C@@H](O)[C@@H](C)CO[Si](C)(C)C(C)(C)C)[C@H]1OC(C)(C)OC[C@@H]1C. The summed E-state index contributed by atoms with van der Waals surface area (Å²) in [6, 6.07) is 0. The number of rotatable bonds is 6. The summed E-state index contributed by atoms with van der Waals surface area (Å²) in [6.07, 6.45) is -0.449. The fourth-order valence-corrected chi connectivity index (χ4v) is 4.01. The predicted molar refractivity (Wildman–Crippen MR) is 102 cm³/mol. The van der Waals surface area contributed by atoms with Crippen LogP contribution in [-0.2, 0) is 13.9 Å². The van der Waals surface area contributed by atoms with Gasteiger partial charge in [0.05, 0.1) is 18.8 Å². The highest BCUT2D eigenvalue weighted by Crippen LogP contribution is 2.37. The number of ether oxygens (including phenoxy) is 2. The van der Waals surface area contributed by atoms with Crippen molar-refractivity contribution in [2.24, 2.45) is 17.8 Å². The highest BCUT2D eigenvalue weighted by molar-refractivity contribution is 6.74. The van der Waals surface area contributed by atoms with E-state index in [1.54, 1.807) is 0 Å².